The summed E-state index contributed by atoms with van der Waals surface area (Å²) in [5.41, 5.74) is 2.66. The fraction of sp³-hybridized carbons (Fsp3) is 0.261. The maximum Gasteiger partial charge on any atom is 0.239 e. The number of hydrogen-bond donors (Lipinski definition) is 2. The first-order valence-electron chi connectivity index (χ1n) is 9.85. The van der Waals surface area contributed by atoms with Crippen LogP contribution in [-0.2, 0) is 16.0 Å². The normalized spacial score (nSPS) is 13.1. The van der Waals surface area contributed by atoms with Gasteiger partial charge in [0.2, 0.25) is 11.8 Å². The van der Waals surface area contributed by atoms with Crippen molar-refractivity contribution in [1.29, 1.82) is 0 Å². The molecule has 29 heavy (non-hydrogen) atoms. The van der Waals surface area contributed by atoms with E-state index < -0.39 is 0 Å². The van der Waals surface area contributed by atoms with Crippen LogP contribution in [0.25, 0.3) is 22.6 Å². The van der Waals surface area contributed by atoms with Crippen molar-refractivity contribution in [3.63, 3.8) is 0 Å². The summed E-state index contributed by atoms with van der Waals surface area (Å²) >= 11 is 0. The Hall–Kier alpha value is -3.41. The van der Waals surface area contributed by atoms with E-state index in [1.165, 1.54) is 0 Å². The smallest absolute Gasteiger partial charge is 0.239 e. The highest BCUT2D eigenvalue weighted by molar-refractivity contribution is 5.85. The largest absolute Gasteiger partial charge is 0.440 e. The summed E-state index contributed by atoms with van der Waals surface area (Å²) in [5.74, 6) is 0.850. The van der Waals surface area contributed by atoms with Crippen molar-refractivity contribution in [2.45, 2.75) is 31.7 Å². The molecule has 1 fully saturated rings. The fourth-order valence-electron chi connectivity index (χ4n) is 3.04. The van der Waals surface area contributed by atoms with Crippen LogP contribution >= 0.6 is 0 Å². The van der Waals surface area contributed by atoms with Gasteiger partial charge in [0.1, 0.15) is 5.69 Å². The molecule has 1 aliphatic rings. The number of carbonyl (C=O) groups excluding carboxylic acids is 2. The predicted molar refractivity (Wildman–Crippen MR) is 110 cm³/mol. The molecule has 148 valence electrons. The van der Waals surface area contributed by atoms with Gasteiger partial charge >= 0.3 is 0 Å². The zero-order valence-electron chi connectivity index (χ0n) is 16.1. The summed E-state index contributed by atoms with van der Waals surface area (Å²) in [7, 11) is 0. The molecular weight excluding hydrogens is 366 g/mol. The van der Waals surface area contributed by atoms with Crippen LogP contribution < -0.4 is 10.6 Å². The van der Waals surface area contributed by atoms with Gasteiger partial charge in [0.25, 0.3) is 0 Å². The fourth-order valence-corrected chi connectivity index (χ4v) is 3.04. The van der Waals surface area contributed by atoms with Crippen LogP contribution in [0.5, 0.6) is 0 Å². The first-order valence-corrected chi connectivity index (χ1v) is 9.85. The number of aryl methyl sites for hydroxylation is 1. The first kappa shape index (κ1) is 18.9. The lowest BCUT2D eigenvalue weighted by Gasteiger charge is -2.05. The summed E-state index contributed by atoms with van der Waals surface area (Å²) in [5, 5.41) is 5.50. The van der Waals surface area contributed by atoms with E-state index in [4.69, 9.17) is 4.42 Å². The number of carbonyl (C=O) groups is 2. The second-order valence-electron chi connectivity index (χ2n) is 7.14. The second-order valence-corrected chi connectivity index (χ2v) is 7.14. The number of hydrogen-bond acceptors (Lipinski definition) is 4. The Morgan fingerprint density at radius 3 is 2.24 bits per heavy atom. The van der Waals surface area contributed by atoms with E-state index in [1.54, 1.807) is 0 Å². The SMILES string of the molecule is O=C(CCc1nc(-c2ccccc2)c(-c2ccccc2)o1)NCC(=O)NC1CC1. The van der Waals surface area contributed by atoms with Gasteiger partial charge in [-0.05, 0) is 12.8 Å². The minimum absolute atomic E-state index is 0.00540. The van der Waals surface area contributed by atoms with Gasteiger partial charge in [0.15, 0.2) is 11.7 Å². The predicted octanol–water partition coefficient (Wildman–Crippen LogP) is 3.34. The Bertz CT molecular complexity index is 922. The van der Waals surface area contributed by atoms with Crippen molar-refractivity contribution in [2.75, 3.05) is 6.54 Å². The summed E-state index contributed by atoms with van der Waals surface area (Å²) in [6.07, 6.45) is 2.62. The monoisotopic (exact) mass is 389 g/mol. The highest BCUT2D eigenvalue weighted by Gasteiger charge is 2.23. The van der Waals surface area contributed by atoms with E-state index in [1.807, 2.05) is 60.7 Å². The molecule has 2 aromatic carbocycles. The maximum absolute atomic E-state index is 12.1. The van der Waals surface area contributed by atoms with Gasteiger partial charge in [-0.1, -0.05) is 60.7 Å². The number of nitrogens with one attached hydrogen (secondary N) is 2. The standard InChI is InChI=1S/C23H23N3O3/c27-19(24-15-20(28)25-18-11-12-18)13-14-21-26-22(16-7-3-1-4-8-16)23(29-21)17-9-5-2-6-10-17/h1-10,18H,11-15H2,(H,24,27)(H,25,28). The molecule has 1 heterocycles. The molecule has 1 aromatic heterocycles. The minimum Gasteiger partial charge on any atom is -0.440 e. The summed E-state index contributed by atoms with van der Waals surface area (Å²) in [6, 6.07) is 19.9. The van der Waals surface area contributed by atoms with Gasteiger partial charge in [-0.2, -0.15) is 0 Å². The molecule has 3 aromatic rings. The zero-order valence-corrected chi connectivity index (χ0v) is 16.1. The van der Waals surface area contributed by atoms with E-state index >= 15 is 0 Å². The van der Waals surface area contributed by atoms with E-state index in [9.17, 15) is 9.59 Å². The average Bonchev–Trinajstić information content (AvgIpc) is 3.47. The van der Waals surface area contributed by atoms with Crippen molar-refractivity contribution >= 4 is 11.8 Å². The molecule has 0 bridgehead atoms. The van der Waals surface area contributed by atoms with E-state index in [-0.39, 0.29) is 24.8 Å². The number of benzene rings is 2. The lowest BCUT2D eigenvalue weighted by molar-refractivity contribution is -0.126. The highest BCUT2D eigenvalue weighted by atomic mass is 16.4. The van der Waals surface area contributed by atoms with Crippen molar-refractivity contribution in [3.05, 3.63) is 66.6 Å². The van der Waals surface area contributed by atoms with Crippen LogP contribution in [0.1, 0.15) is 25.2 Å². The van der Waals surface area contributed by atoms with E-state index in [0.717, 1.165) is 29.7 Å². The molecule has 0 aliphatic heterocycles. The van der Waals surface area contributed by atoms with Crippen LogP contribution in [0, 0.1) is 0 Å². The Balaban J connectivity index is 1.43. The first-order chi connectivity index (χ1) is 14.2. The van der Waals surface area contributed by atoms with Gasteiger partial charge in [0.05, 0.1) is 6.54 Å². The third kappa shape index (κ3) is 5.10. The molecule has 1 aliphatic carbocycles. The quantitative estimate of drug-likeness (QED) is 0.619. The molecule has 4 rings (SSSR count). The summed E-state index contributed by atoms with van der Waals surface area (Å²) in [6.45, 7) is 0.00540. The van der Waals surface area contributed by atoms with Crippen LogP contribution in [0.3, 0.4) is 0 Å². The van der Waals surface area contributed by atoms with Crippen LogP contribution in [-0.4, -0.2) is 29.4 Å². The minimum atomic E-state index is -0.198. The molecule has 0 saturated heterocycles. The van der Waals surface area contributed by atoms with E-state index in [2.05, 4.69) is 15.6 Å². The van der Waals surface area contributed by atoms with Crippen molar-refractivity contribution in [2.24, 2.45) is 0 Å². The molecule has 2 amide bonds. The van der Waals surface area contributed by atoms with Gasteiger partial charge in [0, 0.05) is 30.0 Å². The van der Waals surface area contributed by atoms with Crippen LogP contribution in [0.4, 0.5) is 0 Å². The maximum atomic E-state index is 12.1. The summed E-state index contributed by atoms with van der Waals surface area (Å²) in [4.78, 5) is 28.4. The van der Waals surface area contributed by atoms with Crippen molar-refractivity contribution < 1.29 is 14.0 Å². The molecule has 6 heteroatoms. The number of aromatic nitrogens is 1. The molecule has 2 N–H and O–H groups in total. The molecule has 0 spiro atoms. The number of amides is 2. The zero-order chi connectivity index (χ0) is 20.1. The van der Waals surface area contributed by atoms with Crippen LogP contribution in [0.15, 0.2) is 65.1 Å². The number of oxazole rings is 1. The van der Waals surface area contributed by atoms with Gasteiger partial charge in [-0.25, -0.2) is 4.98 Å². The van der Waals surface area contributed by atoms with Crippen LogP contribution in [0.2, 0.25) is 0 Å². The molecular formula is C23H23N3O3. The van der Waals surface area contributed by atoms with Gasteiger partial charge < -0.3 is 15.1 Å². The number of rotatable bonds is 8. The number of nitrogens with zero attached hydrogens (tertiary/aromatic N) is 1. The lowest BCUT2D eigenvalue weighted by Crippen LogP contribution is -2.37. The summed E-state index contributed by atoms with van der Waals surface area (Å²) < 4.78 is 6.02. The topological polar surface area (TPSA) is 84.2 Å². The average molecular weight is 389 g/mol. The molecule has 0 atom stereocenters. The Morgan fingerprint density at radius 2 is 1.59 bits per heavy atom. The third-order valence-electron chi connectivity index (χ3n) is 4.71. The van der Waals surface area contributed by atoms with Gasteiger partial charge in [-0.3, -0.25) is 9.59 Å². The van der Waals surface area contributed by atoms with Gasteiger partial charge in [-0.15, -0.1) is 0 Å². The Morgan fingerprint density at radius 1 is 0.931 bits per heavy atom. The second kappa shape index (κ2) is 8.73. The lowest BCUT2D eigenvalue weighted by atomic mass is 10.1. The Kier molecular flexibility index (Phi) is 5.70. The molecule has 0 radical (unpaired) electrons. The highest BCUT2D eigenvalue weighted by Crippen LogP contribution is 2.32. The molecule has 6 nitrogen and oxygen atoms in total. The Labute approximate surface area is 169 Å². The van der Waals surface area contributed by atoms with Crippen molar-refractivity contribution in [1.82, 2.24) is 15.6 Å². The molecule has 1 saturated carbocycles. The van der Waals surface area contributed by atoms with E-state index in [0.29, 0.717) is 24.1 Å². The third-order valence-corrected chi connectivity index (χ3v) is 4.71. The van der Waals surface area contributed by atoms with Crippen molar-refractivity contribution in [3.8, 4) is 22.6 Å². The molecule has 0 unspecified atom stereocenters.